The second kappa shape index (κ2) is 7.17. The molecule has 2 amide bonds. The standard InChI is InChI=1S/C19H16F3N3O5/c1-24-18(29)14-16(27)15(26)10(7-25(14)13-2-3-30-19(13)24)17(28)23-6-9-11(21)4-8(20)5-12(9)22/h4-5,7,13,19,27H,2-3,6H2,1H3,(H,23,28)/t13-,19+/m1/s1. The van der Waals surface area contributed by atoms with Crippen LogP contribution in [-0.2, 0) is 11.3 Å². The summed E-state index contributed by atoms with van der Waals surface area (Å²) in [4.78, 5) is 38.8. The van der Waals surface area contributed by atoms with Gasteiger partial charge in [-0.3, -0.25) is 14.4 Å². The minimum atomic E-state index is -1.20. The molecule has 2 aliphatic heterocycles. The van der Waals surface area contributed by atoms with Crippen LogP contribution < -0.4 is 10.7 Å². The van der Waals surface area contributed by atoms with E-state index in [0.29, 0.717) is 25.2 Å². The van der Waals surface area contributed by atoms with E-state index in [-0.39, 0.29) is 5.69 Å². The molecule has 4 rings (SSSR count). The summed E-state index contributed by atoms with van der Waals surface area (Å²) in [5.41, 5.74) is -2.46. The summed E-state index contributed by atoms with van der Waals surface area (Å²) in [6.45, 7) is -0.320. The van der Waals surface area contributed by atoms with Crippen molar-refractivity contribution < 1.29 is 32.6 Å². The predicted molar refractivity (Wildman–Crippen MR) is 95.3 cm³/mol. The fraction of sp³-hybridized carbons (Fsp3) is 0.316. The van der Waals surface area contributed by atoms with Gasteiger partial charge in [0.2, 0.25) is 5.43 Å². The number of nitrogens with one attached hydrogen (secondary N) is 1. The van der Waals surface area contributed by atoms with E-state index < -0.39 is 70.4 Å². The van der Waals surface area contributed by atoms with Gasteiger partial charge < -0.3 is 24.6 Å². The smallest absolute Gasteiger partial charge is 0.276 e. The molecular formula is C19H16F3N3O5. The lowest BCUT2D eigenvalue weighted by Crippen LogP contribution is -2.48. The summed E-state index contributed by atoms with van der Waals surface area (Å²) >= 11 is 0. The van der Waals surface area contributed by atoms with Gasteiger partial charge in [-0.15, -0.1) is 0 Å². The molecule has 2 N–H and O–H groups in total. The van der Waals surface area contributed by atoms with Crippen molar-refractivity contribution in [3.05, 3.63) is 62.8 Å². The highest BCUT2D eigenvalue weighted by molar-refractivity contribution is 5.99. The highest BCUT2D eigenvalue weighted by atomic mass is 19.1. The Morgan fingerprint density at radius 1 is 1.27 bits per heavy atom. The number of pyridine rings is 1. The lowest BCUT2D eigenvalue weighted by molar-refractivity contribution is -0.0238. The molecule has 0 saturated carbocycles. The first-order chi connectivity index (χ1) is 14.2. The van der Waals surface area contributed by atoms with Gasteiger partial charge in [0.15, 0.2) is 17.7 Å². The first-order valence-electron chi connectivity index (χ1n) is 8.99. The lowest BCUT2D eigenvalue weighted by atomic mass is 10.1. The molecule has 2 aliphatic rings. The van der Waals surface area contributed by atoms with Gasteiger partial charge in [0.1, 0.15) is 23.0 Å². The number of hydrogen-bond acceptors (Lipinski definition) is 5. The second-order valence-electron chi connectivity index (χ2n) is 7.04. The van der Waals surface area contributed by atoms with Gasteiger partial charge in [-0.25, -0.2) is 13.2 Å². The van der Waals surface area contributed by atoms with Crippen molar-refractivity contribution in [2.45, 2.75) is 25.2 Å². The largest absolute Gasteiger partial charge is 0.503 e. The Kier molecular flexibility index (Phi) is 4.77. The second-order valence-corrected chi connectivity index (χ2v) is 7.04. The Hall–Kier alpha value is -3.34. The van der Waals surface area contributed by atoms with E-state index in [2.05, 4.69) is 5.32 Å². The molecule has 1 aromatic heterocycles. The fourth-order valence-electron chi connectivity index (χ4n) is 3.75. The zero-order valence-electron chi connectivity index (χ0n) is 15.6. The predicted octanol–water partition coefficient (Wildman–Crippen LogP) is 1.27. The first-order valence-corrected chi connectivity index (χ1v) is 8.99. The van der Waals surface area contributed by atoms with E-state index in [1.165, 1.54) is 16.5 Å². The molecule has 30 heavy (non-hydrogen) atoms. The summed E-state index contributed by atoms with van der Waals surface area (Å²) in [6, 6.07) is 0.506. The number of aromatic nitrogens is 1. The Labute approximate surface area is 167 Å². The number of halogens is 3. The van der Waals surface area contributed by atoms with Gasteiger partial charge in [0, 0.05) is 37.5 Å². The number of benzene rings is 1. The normalized spacial score (nSPS) is 20.1. The van der Waals surface area contributed by atoms with Crippen LogP contribution in [0.1, 0.15) is 38.9 Å². The topological polar surface area (TPSA) is 101 Å². The Balaban J connectivity index is 1.68. The van der Waals surface area contributed by atoms with Gasteiger partial charge in [0.25, 0.3) is 11.8 Å². The number of carbonyl (C=O) groups is 2. The number of ether oxygens (including phenoxy) is 1. The third-order valence-corrected chi connectivity index (χ3v) is 5.28. The first kappa shape index (κ1) is 20.0. The molecule has 8 nitrogen and oxygen atoms in total. The molecule has 3 heterocycles. The van der Waals surface area contributed by atoms with Crippen LogP contribution in [0.4, 0.5) is 13.2 Å². The van der Waals surface area contributed by atoms with E-state index in [0.717, 1.165) is 6.20 Å². The average Bonchev–Trinajstić information content (AvgIpc) is 3.17. The molecule has 1 fully saturated rings. The SMILES string of the molecule is CN1C(=O)c2c(O)c(=O)c(C(=O)NCc3c(F)cc(F)cc3F)cn2[C@@H]2CCO[C@@H]21. The quantitative estimate of drug-likeness (QED) is 0.775. The van der Waals surface area contributed by atoms with E-state index in [1.54, 1.807) is 0 Å². The van der Waals surface area contributed by atoms with Crippen LogP contribution in [0.2, 0.25) is 0 Å². The summed E-state index contributed by atoms with van der Waals surface area (Å²) in [5, 5.41) is 12.5. The zero-order valence-corrected chi connectivity index (χ0v) is 15.6. The highest BCUT2D eigenvalue weighted by Crippen LogP contribution is 2.36. The molecule has 158 valence electrons. The van der Waals surface area contributed by atoms with Crippen LogP contribution in [0.5, 0.6) is 5.75 Å². The van der Waals surface area contributed by atoms with E-state index >= 15 is 0 Å². The lowest BCUT2D eigenvalue weighted by Gasteiger charge is -2.36. The van der Waals surface area contributed by atoms with Crippen molar-refractivity contribution in [2.75, 3.05) is 13.7 Å². The van der Waals surface area contributed by atoms with Crippen LogP contribution in [0.25, 0.3) is 0 Å². The monoisotopic (exact) mass is 423 g/mol. The van der Waals surface area contributed by atoms with Crippen molar-refractivity contribution in [2.24, 2.45) is 0 Å². The van der Waals surface area contributed by atoms with Gasteiger partial charge >= 0.3 is 0 Å². The number of nitrogens with zero attached hydrogens (tertiary/aromatic N) is 2. The Morgan fingerprint density at radius 3 is 2.60 bits per heavy atom. The summed E-state index contributed by atoms with van der Waals surface area (Å²) in [7, 11) is 1.48. The van der Waals surface area contributed by atoms with Crippen molar-refractivity contribution in [1.82, 2.24) is 14.8 Å². The number of likely N-dealkylation sites (N-methyl/N-ethyl adjacent to an activating group) is 1. The molecule has 11 heteroatoms. The van der Waals surface area contributed by atoms with Gasteiger partial charge in [0.05, 0.1) is 12.6 Å². The number of fused-ring (bicyclic) bond motifs is 3. The molecular weight excluding hydrogens is 407 g/mol. The maximum atomic E-state index is 13.8. The average molecular weight is 423 g/mol. The number of carbonyl (C=O) groups excluding carboxylic acids is 2. The maximum Gasteiger partial charge on any atom is 0.276 e. The van der Waals surface area contributed by atoms with E-state index in [4.69, 9.17) is 4.74 Å². The van der Waals surface area contributed by atoms with Crippen molar-refractivity contribution in [3.63, 3.8) is 0 Å². The summed E-state index contributed by atoms with van der Waals surface area (Å²) in [6.07, 6.45) is 0.983. The third-order valence-electron chi connectivity index (χ3n) is 5.28. The van der Waals surface area contributed by atoms with E-state index in [9.17, 15) is 32.7 Å². The maximum absolute atomic E-state index is 13.8. The van der Waals surface area contributed by atoms with Crippen molar-refractivity contribution >= 4 is 11.8 Å². The van der Waals surface area contributed by atoms with E-state index in [1.807, 2.05) is 0 Å². The van der Waals surface area contributed by atoms with Gasteiger partial charge in [-0.1, -0.05) is 0 Å². The molecule has 0 radical (unpaired) electrons. The molecule has 0 aliphatic carbocycles. The summed E-state index contributed by atoms with van der Waals surface area (Å²) in [5.74, 6) is -6.06. The van der Waals surface area contributed by atoms with Crippen LogP contribution in [0.15, 0.2) is 23.1 Å². The van der Waals surface area contributed by atoms with Crippen LogP contribution >= 0.6 is 0 Å². The number of amides is 2. The molecule has 0 spiro atoms. The fourth-order valence-corrected chi connectivity index (χ4v) is 3.75. The summed E-state index contributed by atoms with van der Waals surface area (Å²) < 4.78 is 47.4. The highest BCUT2D eigenvalue weighted by Gasteiger charge is 2.43. The minimum Gasteiger partial charge on any atom is -0.503 e. The minimum absolute atomic E-state index is 0.263. The van der Waals surface area contributed by atoms with Gasteiger partial charge in [-0.2, -0.15) is 0 Å². The third kappa shape index (κ3) is 3.02. The van der Waals surface area contributed by atoms with Gasteiger partial charge in [-0.05, 0) is 6.42 Å². The van der Waals surface area contributed by atoms with Crippen LogP contribution in [0.3, 0.4) is 0 Å². The van der Waals surface area contributed by atoms with Crippen molar-refractivity contribution in [3.8, 4) is 5.75 Å². The molecule has 0 unspecified atom stereocenters. The Morgan fingerprint density at radius 2 is 1.93 bits per heavy atom. The molecule has 1 aromatic carbocycles. The van der Waals surface area contributed by atoms with Crippen LogP contribution in [-0.4, -0.2) is 46.3 Å². The number of hydrogen-bond donors (Lipinski definition) is 2. The molecule has 2 atom stereocenters. The molecule has 1 saturated heterocycles. The Bertz CT molecular complexity index is 1110. The van der Waals surface area contributed by atoms with Crippen molar-refractivity contribution in [1.29, 1.82) is 0 Å². The molecule has 2 aromatic rings. The van der Waals surface area contributed by atoms with Crippen LogP contribution in [0, 0.1) is 17.5 Å². The zero-order chi connectivity index (χ0) is 21.7. The number of aromatic hydroxyl groups is 1. The number of rotatable bonds is 3. The molecule has 0 bridgehead atoms.